The van der Waals surface area contributed by atoms with Crippen LogP contribution in [0.4, 0.5) is 5.69 Å². The van der Waals surface area contributed by atoms with E-state index < -0.39 is 30.5 Å². The van der Waals surface area contributed by atoms with Gasteiger partial charge >= 0.3 is 0 Å². The Hall–Kier alpha value is -1.97. The fourth-order valence-corrected chi connectivity index (χ4v) is 4.65. The Morgan fingerprint density at radius 2 is 1.65 bits per heavy atom. The van der Waals surface area contributed by atoms with E-state index in [-0.39, 0.29) is 36.3 Å². The summed E-state index contributed by atoms with van der Waals surface area (Å²) in [5.74, 6) is -0.473. The molecule has 0 saturated carbocycles. The van der Waals surface area contributed by atoms with Gasteiger partial charge in [-0.3, -0.25) is 4.79 Å². The summed E-state index contributed by atoms with van der Waals surface area (Å²) in [5.41, 5.74) is 1.97. The normalized spacial score (nSPS) is 32.6. The van der Waals surface area contributed by atoms with Crippen molar-refractivity contribution in [3.05, 3.63) is 35.4 Å². The lowest BCUT2D eigenvalue weighted by Gasteiger charge is -2.29. The molecular weight excluding hydrogens is 438 g/mol. The number of phenols is 1. The SMILES string of the molecule is CO[C@H]1C[C@H](C)Cc2cc(O)cc(c2)NC(=O)CC(O)CC[C@H](OC)[C@@H](O)C(C)=C[C@H](C)[C@H]1O. The minimum atomic E-state index is -0.910. The van der Waals surface area contributed by atoms with E-state index in [1.807, 2.05) is 19.9 Å². The lowest BCUT2D eigenvalue weighted by atomic mass is 9.88. The topological polar surface area (TPSA) is 128 Å². The fraction of sp³-hybridized carbons (Fsp3) is 0.654. The molecule has 8 nitrogen and oxygen atoms in total. The Kier molecular flexibility index (Phi) is 11.0. The van der Waals surface area contributed by atoms with Crippen molar-refractivity contribution in [2.24, 2.45) is 11.8 Å². The third-order valence-electron chi connectivity index (χ3n) is 6.56. The first-order valence-corrected chi connectivity index (χ1v) is 11.9. The molecule has 1 aliphatic rings. The molecule has 34 heavy (non-hydrogen) atoms. The lowest BCUT2D eigenvalue weighted by molar-refractivity contribution is -0.118. The summed E-state index contributed by atoms with van der Waals surface area (Å²) in [6.07, 6.45) is -0.0385. The maximum Gasteiger partial charge on any atom is 0.226 e. The van der Waals surface area contributed by atoms with E-state index in [4.69, 9.17) is 9.47 Å². The van der Waals surface area contributed by atoms with E-state index >= 15 is 0 Å². The van der Waals surface area contributed by atoms with Crippen molar-refractivity contribution in [2.75, 3.05) is 19.5 Å². The molecule has 1 aliphatic heterocycles. The van der Waals surface area contributed by atoms with Gasteiger partial charge in [-0.1, -0.05) is 19.9 Å². The number of benzene rings is 1. The Bertz CT molecular complexity index is 827. The average Bonchev–Trinajstić information content (AvgIpc) is 2.75. The summed E-state index contributed by atoms with van der Waals surface area (Å²) >= 11 is 0. The molecule has 1 aromatic rings. The Morgan fingerprint density at radius 3 is 2.29 bits per heavy atom. The number of methoxy groups -OCH3 is 2. The van der Waals surface area contributed by atoms with Crippen LogP contribution in [0.5, 0.6) is 5.75 Å². The number of ether oxygens (including phenoxy) is 2. The highest BCUT2D eigenvalue weighted by molar-refractivity contribution is 5.91. The highest BCUT2D eigenvalue weighted by atomic mass is 16.5. The van der Waals surface area contributed by atoms with E-state index in [1.165, 1.54) is 13.2 Å². The van der Waals surface area contributed by atoms with Crippen LogP contribution >= 0.6 is 0 Å². The number of carbonyl (C=O) groups excluding carboxylic acids is 1. The molecule has 0 aliphatic carbocycles. The maximum atomic E-state index is 12.4. The van der Waals surface area contributed by atoms with Crippen LogP contribution in [0.3, 0.4) is 0 Å². The zero-order valence-electron chi connectivity index (χ0n) is 20.9. The van der Waals surface area contributed by atoms with Gasteiger partial charge in [-0.25, -0.2) is 0 Å². The number of amides is 1. The van der Waals surface area contributed by atoms with Crippen LogP contribution < -0.4 is 5.32 Å². The molecule has 1 aromatic carbocycles. The van der Waals surface area contributed by atoms with Crippen molar-refractivity contribution in [3.63, 3.8) is 0 Å². The second kappa shape index (κ2) is 13.2. The molecule has 0 fully saturated rings. The first-order chi connectivity index (χ1) is 16.0. The molecule has 7 atom stereocenters. The number of aliphatic hydroxyl groups excluding tert-OH is 3. The van der Waals surface area contributed by atoms with Crippen LogP contribution in [-0.2, 0) is 20.7 Å². The van der Waals surface area contributed by atoms with E-state index in [9.17, 15) is 25.2 Å². The van der Waals surface area contributed by atoms with E-state index in [0.717, 1.165) is 5.56 Å². The molecule has 8 heteroatoms. The number of nitrogens with one attached hydrogen (secondary N) is 1. The van der Waals surface area contributed by atoms with Crippen LogP contribution in [-0.4, -0.2) is 71.1 Å². The lowest BCUT2D eigenvalue weighted by Crippen LogP contribution is -2.36. The maximum absolute atomic E-state index is 12.4. The zero-order valence-corrected chi connectivity index (χ0v) is 20.9. The van der Waals surface area contributed by atoms with Gasteiger partial charge in [0.25, 0.3) is 0 Å². The second-order valence-corrected chi connectivity index (χ2v) is 9.67. The molecule has 5 N–H and O–H groups in total. The van der Waals surface area contributed by atoms with Crippen LogP contribution in [0.25, 0.3) is 0 Å². The van der Waals surface area contributed by atoms with Crippen molar-refractivity contribution in [3.8, 4) is 5.75 Å². The van der Waals surface area contributed by atoms with Crippen LogP contribution in [0.2, 0.25) is 0 Å². The Labute approximate surface area is 202 Å². The summed E-state index contributed by atoms with van der Waals surface area (Å²) in [5, 5.41) is 45.0. The third kappa shape index (κ3) is 8.36. The predicted octanol–water partition coefficient (Wildman–Crippen LogP) is 2.78. The number of aromatic hydroxyl groups is 1. The highest BCUT2D eigenvalue weighted by Gasteiger charge is 2.28. The summed E-state index contributed by atoms with van der Waals surface area (Å²) in [7, 11) is 3.07. The van der Waals surface area contributed by atoms with Crippen molar-refractivity contribution >= 4 is 11.6 Å². The molecule has 1 unspecified atom stereocenters. The first kappa shape index (κ1) is 28.3. The van der Waals surface area contributed by atoms with Gasteiger partial charge in [0.1, 0.15) is 11.9 Å². The largest absolute Gasteiger partial charge is 0.508 e. The van der Waals surface area contributed by atoms with E-state index in [1.54, 1.807) is 26.2 Å². The monoisotopic (exact) mass is 479 g/mol. The van der Waals surface area contributed by atoms with Crippen LogP contribution in [0.15, 0.2) is 29.8 Å². The number of carbonyl (C=O) groups is 1. The Balaban J connectivity index is 2.34. The number of phenolic OH excluding ortho intramolecular Hbond substituents is 1. The molecule has 192 valence electrons. The van der Waals surface area contributed by atoms with Gasteiger partial charge < -0.3 is 35.2 Å². The van der Waals surface area contributed by atoms with Gasteiger partial charge in [0, 0.05) is 31.9 Å². The van der Waals surface area contributed by atoms with Gasteiger partial charge in [-0.15, -0.1) is 0 Å². The van der Waals surface area contributed by atoms with Gasteiger partial charge in [0.05, 0.1) is 30.8 Å². The molecule has 2 rings (SSSR count). The van der Waals surface area contributed by atoms with Gasteiger partial charge in [-0.05, 0) is 61.8 Å². The molecule has 0 aromatic heterocycles. The Morgan fingerprint density at radius 1 is 0.971 bits per heavy atom. The number of rotatable bonds is 2. The predicted molar refractivity (Wildman–Crippen MR) is 131 cm³/mol. The van der Waals surface area contributed by atoms with E-state index in [0.29, 0.717) is 30.5 Å². The molecule has 1 amide bonds. The second-order valence-electron chi connectivity index (χ2n) is 9.67. The average molecular weight is 480 g/mol. The molecule has 0 saturated heterocycles. The van der Waals surface area contributed by atoms with Crippen molar-refractivity contribution < 1.29 is 34.7 Å². The summed E-state index contributed by atoms with van der Waals surface area (Å²) in [4.78, 5) is 12.4. The number of anilines is 1. The van der Waals surface area contributed by atoms with Crippen molar-refractivity contribution in [1.29, 1.82) is 0 Å². The molecule has 1 heterocycles. The standard InChI is InChI=1S/C26H41NO7/c1-15-8-18-11-19(13-21(29)12-18)27-24(30)14-20(28)6-7-22(33-4)25(31)16(2)10-17(3)26(32)23(9-15)34-5/h10-13,15,17,20,22-23,25-26,28-29,31-32H,6-9,14H2,1-5H3,(H,27,30)/t15-,17+,20?,22+,23+,25+,26-/m1/s1. The molecule has 2 bridgehead atoms. The summed E-state index contributed by atoms with van der Waals surface area (Å²) in [6.45, 7) is 5.71. The van der Waals surface area contributed by atoms with Gasteiger partial charge in [-0.2, -0.15) is 0 Å². The molecule has 0 spiro atoms. The smallest absolute Gasteiger partial charge is 0.226 e. The van der Waals surface area contributed by atoms with E-state index in [2.05, 4.69) is 5.32 Å². The summed E-state index contributed by atoms with van der Waals surface area (Å²) in [6, 6.07) is 4.93. The number of aliphatic hydroxyl groups is 3. The third-order valence-corrected chi connectivity index (χ3v) is 6.56. The zero-order chi connectivity index (χ0) is 25.4. The van der Waals surface area contributed by atoms with Crippen molar-refractivity contribution in [1.82, 2.24) is 0 Å². The first-order valence-electron chi connectivity index (χ1n) is 11.9. The van der Waals surface area contributed by atoms with Crippen LogP contribution in [0, 0.1) is 11.8 Å². The van der Waals surface area contributed by atoms with Crippen LogP contribution in [0.1, 0.15) is 52.0 Å². The van der Waals surface area contributed by atoms with Crippen molar-refractivity contribution in [2.45, 2.75) is 83.4 Å². The minimum absolute atomic E-state index is 0.0425. The minimum Gasteiger partial charge on any atom is -0.508 e. The highest BCUT2D eigenvalue weighted by Crippen LogP contribution is 2.27. The number of fused-ring (bicyclic) bond motifs is 2. The van der Waals surface area contributed by atoms with Gasteiger partial charge in [0.15, 0.2) is 0 Å². The quantitative estimate of drug-likeness (QED) is 0.413. The molecular formula is C26H41NO7. The summed E-state index contributed by atoms with van der Waals surface area (Å²) < 4.78 is 11.1. The van der Waals surface area contributed by atoms with Gasteiger partial charge in [0.2, 0.25) is 5.91 Å². The number of hydrogen-bond acceptors (Lipinski definition) is 7. The number of hydrogen-bond donors (Lipinski definition) is 5. The molecule has 0 radical (unpaired) electrons. The fourth-order valence-electron chi connectivity index (χ4n) is 4.65.